The third-order valence-electron chi connectivity index (χ3n) is 3.70. The van der Waals surface area contributed by atoms with Gasteiger partial charge < -0.3 is 0 Å². The molecule has 1 amide bonds. The fraction of sp³-hybridized carbons (Fsp3) is 0.0476. The molecule has 0 aliphatic heterocycles. The number of amides is 1. The monoisotopic (exact) mass is 457 g/mol. The van der Waals surface area contributed by atoms with E-state index in [1.807, 2.05) is 60.7 Å². The van der Waals surface area contributed by atoms with E-state index in [0.717, 1.165) is 11.1 Å². The second-order valence-electron chi connectivity index (χ2n) is 5.89. The van der Waals surface area contributed by atoms with Crippen molar-refractivity contribution in [1.29, 1.82) is 0 Å². The van der Waals surface area contributed by atoms with Crippen LogP contribution in [0.15, 0.2) is 84.9 Å². The molecule has 0 bridgehead atoms. The fourth-order valence-corrected chi connectivity index (χ4v) is 3.63. The van der Waals surface area contributed by atoms with Gasteiger partial charge in [0.15, 0.2) is 5.78 Å². The molecule has 0 fully saturated rings. The maximum absolute atomic E-state index is 11.8. The van der Waals surface area contributed by atoms with Gasteiger partial charge in [0, 0.05) is 11.1 Å². The Morgan fingerprint density at radius 1 is 0.828 bits per heavy atom. The number of carbonyl (C=O) groups is 2. The van der Waals surface area contributed by atoms with Crippen molar-refractivity contribution in [2.45, 2.75) is 6.92 Å². The molecule has 1 unspecified atom stereocenters. The summed E-state index contributed by atoms with van der Waals surface area (Å²) in [5, 5.41) is 10.7. The van der Waals surface area contributed by atoms with Gasteiger partial charge in [0.25, 0.3) is 0 Å². The molecule has 0 aliphatic carbocycles. The van der Waals surface area contributed by atoms with Gasteiger partial charge in [0.05, 0.1) is 0 Å². The van der Waals surface area contributed by atoms with Gasteiger partial charge in [-0.25, -0.2) is 0 Å². The zero-order valence-electron chi connectivity index (χ0n) is 15.6. The van der Waals surface area contributed by atoms with Crippen molar-refractivity contribution >= 4 is 35.9 Å². The van der Waals surface area contributed by atoms with Crippen LogP contribution in [-0.4, -0.2) is 35.2 Å². The molecule has 0 saturated carbocycles. The minimum absolute atomic E-state index is 0.00438. The summed E-state index contributed by atoms with van der Waals surface area (Å²) in [6, 6.07) is 24.1. The van der Waals surface area contributed by atoms with E-state index < -0.39 is 14.2 Å². The van der Waals surface area contributed by atoms with Crippen LogP contribution >= 0.6 is 0 Å². The van der Waals surface area contributed by atoms with E-state index in [-0.39, 0.29) is 16.0 Å². The molecule has 8 heteroatoms. The molecular formula is C21H20AsNO6. The minimum atomic E-state index is -4.76. The molecule has 3 N–H and O–H groups in total. The van der Waals surface area contributed by atoms with Crippen LogP contribution in [0.5, 0.6) is 0 Å². The van der Waals surface area contributed by atoms with Crippen molar-refractivity contribution in [3.63, 3.8) is 0 Å². The molecule has 150 valence electrons. The molecular weight excluding hydrogens is 437 g/mol. The number of hydrogen-bond acceptors (Lipinski definition) is 5. The summed E-state index contributed by atoms with van der Waals surface area (Å²) in [7, 11) is 0. The van der Waals surface area contributed by atoms with Gasteiger partial charge in [-0.1, -0.05) is 60.7 Å². The Labute approximate surface area is 170 Å². The Kier molecular flexibility index (Phi) is 8.12. The van der Waals surface area contributed by atoms with Crippen LogP contribution < -0.4 is 9.67 Å². The first kappa shape index (κ1) is 22.3. The average Bonchev–Trinajstić information content (AvgIpc) is 2.75. The summed E-state index contributed by atoms with van der Waals surface area (Å²) in [4.78, 5) is 22.5. The van der Waals surface area contributed by atoms with Crippen molar-refractivity contribution in [2.24, 2.45) is 0 Å². The summed E-state index contributed by atoms with van der Waals surface area (Å²) >= 11 is -4.76. The standard InChI is InChI=1S/C13H10O.C8H10AsNO5/c14-13(11-7-3-1-4-8-11)12-9-5-2-6-10-12;1-6(11)10-8-4-2-7(3-5-8)9(12,13)15-14/h1-10H;2-5,14H,1H3,(H,10,11)(H,12,13). The molecule has 3 aromatic rings. The largest absolute Gasteiger partial charge is 0.289 e. The average molecular weight is 457 g/mol. The second-order valence-corrected chi connectivity index (χ2v) is 9.50. The van der Waals surface area contributed by atoms with Crippen molar-refractivity contribution in [3.8, 4) is 0 Å². The van der Waals surface area contributed by atoms with Gasteiger partial charge in [-0.05, 0) is 0 Å². The normalized spacial score (nSPS) is 12.1. The zero-order chi connectivity index (χ0) is 21.3. The molecule has 7 nitrogen and oxygen atoms in total. The summed E-state index contributed by atoms with van der Waals surface area (Å²) in [6.07, 6.45) is 0. The van der Waals surface area contributed by atoms with Crippen LogP contribution in [0.25, 0.3) is 0 Å². The van der Waals surface area contributed by atoms with E-state index in [4.69, 9.17) is 9.35 Å². The van der Waals surface area contributed by atoms with Crippen molar-refractivity contribution in [3.05, 3.63) is 96.1 Å². The Bertz CT molecular complexity index is 949. The third-order valence-corrected chi connectivity index (χ3v) is 6.16. The van der Waals surface area contributed by atoms with Crippen LogP contribution in [0.1, 0.15) is 22.8 Å². The summed E-state index contributed by atoms with van der Waals surface area (Å²) in [5.74, 6) is -0.162. The molecule has 0 saturated heterocycles. The fourth-order valence-electron chi connectivity index (χ4n) is 2.33. The predicted octanol–water partition coefficient (Wildman–Crippen LogP) is 2.62. The van der Waals surface area contributed by atoms with Crippen molar-refractivity contribution in [1.82, 2.24) is 0 Å². The third kappa shape index (κ3) is 6.85. The summed E-state index contributed by atoms with van der Waals surface area (Å²) in [6.45, 7) is 1.35. The molecule has 0 spiro atoms. The number of rotatable bonds is 5. The Balaban J connectivity index is 0.000000207. The molecule has 0 aliphatic rings. The van der Waals surface area contributed by atoms with Gasteiger partial charge in [-0.3, -0.25) is 4.79 Å². The number of carbonyl (C=O) groups excluding carboxylic acids is 2. The molecule has 3 aromatic carbocycles. The topological polar surface area (TPSA) is 113 Å². The summed E-state index contributed by atoms with van der Waals surface area (Å²) < 4.78 is 23.8. The van der Waals surface area contributed by atoms with Crippen LogP contribution in [0.3, 0.4) is 0 Å². The molecule has 0 radical (unpaired) electrons. The Hall–Kier alpha value is -2.96. The number of nitrogens with one attached hydrogen (secondary N) is 1. The summed E-state index contributed by atoms with van der Waals surface area (Å²) in [5.41, 5.74) is 1.97. The van der Waals surface area contributed by atoms with Crippen LogP contribution in [-0.2, 0) is 12.4 Å². The van der Waals surface area contributed by atoms with Gasteiger partial charge in [-0.15, -0.1) is 0 Å². The van der Waals surface area contributed by atoms with E-state index in [2.05, 4.69) is 9.19 Å². The van der Waals surface area contributed by atoms with Crippen LogP contribution in [0.2, 0.25) is 0 Å². The number of anilines is 1. The number of ketones is 1. The molecule has 3 rings (SSSR count). The minimum Gasteiger partial charge on any atom is -0.289 e. The van der Waals surface area contributed by atoms with Crippen molar-refractivity contribution < 1.29 is 26.6 Å². The van der Waals surface area contributed by atoms with E-state index in [9.17, 15) is 13.3 Å². The van der Waals surface area contributed by atoms with E-state index >= 15 is 0 Å². The molecule has 0 aromatic heterocycles. The zero-order valence-corrected chi connectivity index (χ0v) is 17.4. The Morgan fingerprint density at radius 3 is 1.66 bits per heavy atom. The van der Waals surface area contributed by atoms with Gasteiger partial charge >= 0.3 is 88.4 Å². The maximum Gasteiger partial charge on any atom is 0.193 e. The van der Waals surface area contributed by atoms with Crippen molar-refractivity contribution in [2.75, 3.05) is 5.32 Å². The van der Waals surface area contributed by atoms with E-state index in [0.29, 0.717) is 5.69 Å². The number of benzene rings is 3. The predicted molar refractivity (Wildman–Crippen MR) is 109 cm³/mol. The van der Waals surface area contributed by atoms with Gasteiger partial charge in [-0.2, -0.15) is 0 Å². The van der Waals surface area contributed by atoms with Gasteiger partial charge in [0.1, 0.15) is 0 Å². The van der Waals surface area contributed by atoms with Crippen LogP contribution in [0, 0.1) is 0 Å². The maximum atomic E-state index is 11.8. The van der Waals surface area contributed by atoms with E-state index in [1.165, 1.54) is 31.2 Å². The van der Waals surface area contributed by atoms with Crippen LogP contribution in [0.4, 0.5) is 5.69 Å². The first-order chi connectivity index (χ1) is 13.8. The van der Waals surface area contributed by atoms with Gasteiger partial charge in [0.2, 0.25) is 0 Å². The molecule has 29 heavy (non-hydrogen) atoms. The quantitative estimate of drug-likeness (QED) is 0.235. The first-order valence-electron chi connectivity index (χ1n) is 8.52. The van der Waals surface area contributed by atoms with E-state index in [1.54, 1.807) is 0 Å². The number of hydrogen-bond donors (Lipinski definition) is 3. The SMILES string of the molecule is CC(=O)Nc1ccc([As](=O)(O)OO)cc1.O=C(c1ccccc1)c1ccccc1. The second kappa shape index (κ2) is 10.5. The first-order valence-corrected chi connectivity index (χ1v) is 11.8. The molecule has 0 heterocycles. The Morgan fingerprint density at radius 2 is 1.28 bits per heavy atom. The smallest absolute Gasteiger partial charge is 0.193 e. The molecule has 1 atom stereocenters.